The van der Waals surface area contributed by atoms with Gasteiger partial charge in [0, 0.05) is 12.3 Å². The molecular formula is C10H12O3. The number of fused-ring (bicyclic) bond motifs is 1. The Morgan fingerprint density at radius 2 is 2.23 bits per heavy atom. The maximum absolute atomic E-state index is 11.3. The van der Waals surface area contributed by atoms with Gasteiger partial charge in [-0.3, -0.25) is 9.59 Å². The average molecular weight is 180 g/mol. The number of ketones is 1. The van der Waals surface area contributed by atoms with Crippen LogP contribution in [-0.2, 0) is 14.3 Å². The van der Waals surface area contributed by atoms with Crippen LogP contribution >= 0.6 is 0 Å². The number of hydrogen-bond acceptors (Lipinski definition) is 3. The standard InChI is InChI=1S/C10H12O3/c1-3-8-9-5(2)7(11)4-6(9)10(12)13-8/h6,8-9H,2-4H2,1H3/t6-,8-,9+/m1/s1. The van der Waals surface area contributed by atoms with Gasteiger partial charge < -0.3 is 4.74 Å². The van der Waals surface area contributed by atoms with Crippen LogP contribution in [0.4, 0.5) is 0 Å². The summed E-state index contributed by atoms with van der Waals surface area (Å²) in [5.74, 6) is -0.455. The molecule has 0 radical (unpaired) electrons. The van der Waals surface area contributed by atoms with Crippen LogP contribution in [0.5, 0.6) is 0 Å². The first-order valence-electron chi connectivity index (χ1n) is 4.57. The van der Waals surface area contributed by atoms with Gasteiger partial charge >= 0.3 is 5.97 Å². The SMILES string of the molecule is C=C1C(=O)C[C@H]2C(=O)O[C@H](CC)[C@@H]12. The fourth-order valence-electron chi connectivity index (χ4n) is 2.25. The summed E-state index contributed by atoms with van der Waals surface area (Å²) in [4.78, 5) is 22.6. The number of Topliss-reactive ketones (excluding diaryl/α,β-unsaturated/α-hetero) is 1. The van der Waals surface area contributed by atoms with Crippen LogP contribution < -0.4 is 0 Å². The number of rotatable bonds is 1. The van der Waals surface area contributed by atoms with Crippen molar-refractivity contribution in [2.24, 2.45) is 11.8 Å². The molecule has 1 aliphatic heterocycles. The average Bonchev–Trinajstić information content (AvgIpc) is 2.55. The second kappa shape index (κ2) is 2.69. The predicted molar refractivity (Wildman–Crippen MR) is 45.9 cm³/mol. The zero-order valence-corrected chi connectivity index (χ0v) is 7.58. The van der Waals surface area contributed by atoms with Gasteiger partial charge in [-0.2, -0.15) is 0 Å². The second-order valence-corrected chi connectivity index (χ2v) is 3.67. The van der Waals surface area contributed by atoms with Gasteiger partial charge in [-0.1, -0.05) is 13.5 Å². The summed E-state index contributed by atoms with van der Waals surface area (Å²) in [6, 6.07) is 0. The molecule has 13 heavy (non-hydrogen) atoms. The quantitative estimate of drug-likeness (QED) is 0.448. The Kier molecular flexibility index (Phi) is 1.75. The molecule has 0 aromatic heterocycles. The third-order valence-corrected chi connectivity index (χ3v) is 2.97. The molecule has 0 aromatic rings. The van der Waals surface area contributed by atoms with E-state index in [-0.39, 0.29) is 29.7 Å². The van der Waals surface area contributed by atoms with Gasteiger partial charge in [0.25, 0.3) is 0 Å². The van der Waals surface area contributed by atoms with E-state index in [4.69, 9.17) is 4.74 Å². The maximum atomic E-state index is 11.3. The van der Waals surface area contributed by atoms with Crippen LogP contribution in [0, 0.1) is 11.8 Å². The second-order valence-electron chi connectivity index (χ2n) is 3.67. The summed E-state index contributed by atoms with van der Waals surface area (Å²) in [6.45, 7) is 5.68. The molecule has 0 unspecified atom stereocenters. The molecule has 1 saturated heterocycles. The molecule has 2 aliphatic rings. The zero-order valence-electron chi connectivity index (χ0n) is 7.58. The van der Waals surface area contributed by atoms with Crippen LogP contribution in [0.2, 0.25) is 0 Å². The van der Waals surface area contributed by atoms with Crippen LogP contribution in [0.1, 0.15) is 19.8 Å². The Bertz CT molecular complexity index is 293. The van der Waals surface area contributed by atoms with Gasteiger partial charge in [-0.05, 0) is 12.0 Å². The highest BCUT2D eigenvalue weighted by atomic mass is 16.6. The summed E-state index contributed by atoms with van der Waals surface area (Å²) < 4.78 is 5.14. The molecule has 0 N–H and O–H groups in total. The molecule has 0 spiro atoms. The van der Waals surface area contributed by atoms with Crippen LogP contribution in [-0.4, -0.2) is 17.9 Å². The van der Waals surface area contributed by atoms with Gasteiger partial charge in [0.05, 0.1) is 5.92 Å². The lowest BCUT2D eigenvalue weighted by Gasteiger charge is -2.13. The minimum absolute atomic E-state index is 0.0325. The summed E-state index contributed by atoms with van der Waals surface area (Å²) in [5.41, 5.74) is 0.586. The highest BCUT2D eigenvalue weighted by Gasteiger charge is 2.51. The lowest BCUT2D eigenvalue weighted by molar-refractivity contribution is -0.145. The summed E-state index contributed by atoms with van der Waals surface area (Å²) >= 11 is 0. The molecule has 3 nitrogen and oxygen atoms in total. The Labute approximate surface area is 76.8 Å². The molecule has 2 rings (SSSR count). The van der Waals surface area contributed by atoms with E-state index in [1.807, 2.05) is 6.92 Å². The van der Waals surface area contributed by atoms with E-state index < -0.39 is 0 Å². The van der Waals surface area contributed by atoms with Crippen molar-refractivity contribution >= 4 is 11.8 Å². The molecule has 1 heterocycles. The zero-order chi connectivity index (χ0) is 9.59. The first-order chi connectivity index (χ1) is 6.15. The minimum atomic E-state index is -0.232. The molecule has 1 saturated carbocycles. The maximum Gasteiger partial charge on any atom is 0.310 e. The smallest absolute Gasteiger partial charge is 0.310 e. The summed E-state index contributed by atoms with van der Waals surface area (Å²) in [7, 11) is 0. The lowest BCUT2D eigenvalue weighted by atomic mass is 9.90. The van der Waals surface area contributed by atoms with Crippen LogP contribution in [0.3, 0.4) is 0 Å². The first kappa shape index (κ1) is 8.48. The van der Waals surface area contributed by atoms with Gasteiger partial charge in [0.15, 0.2) is 5.78 Å². The molecule has 70 valence electrons. The predicted octanol–water partition coefficient (Wildman–Crippen LogP) is 1.08. The highest BCUT2D eigenvalue weighted by molar-refractivity contribution is 6.02. The van der Waals surface area contributed by atoms with E-state index in [9.17, 15) is 9.59 Å². The van der Waals surface area contributed by atoms with Gasteiger partial charge in [-0.25, -0.2) is 0 Å². The molecule has 1 aliphatic carbocycles. The number of ether oxygens (including phenoxy) is 1. The minimum Gasteiger partial charge on any atom is -0.461 e. The van der Waals surface area contributed by atoms with E-state index in [0.717, 1.165) is 6.42 Å². The third-order valence-electron chi connectivity index (χ3n) is 2.97. The monoisotopic (exact) mass is 180 g/mol. The molecule has 3 heteroatoms. The van der Waals surface area contributed by atoms with E-state index >= 15 is 0 Å². The van der Waals surface area contributed by atoms with E-state index in [2.05, 4.69) is 6.58 Å². The third kappa shape index (κ3) is 1.03. The molecule has 0 bridgehead atoms. The van der Waals surface area contributed by atoms with Gasteiger partial charge in [-0.15, -0.1) is 0 Å². The molecule has 0 aromatic carbocycles. The van der Waals surface area contributed by atoms with E-state index in [1.54, 1.807) is 0 Å². The highest BCUT2D eigenvalue weighted by Crippen LogP contribution is 2.43. The van der Waals surface area contributed by atoms with Crippen molar-refractivity contribution in [3.8, 4) is 0 Å². The lowest BCUT2D eigenvalue weighted by Crippen LogP contribution is -2.17. The largest absolute Gasteiger partial charge is 0.461 e. The fourth-order valence-corrected chi connectivity index (χ4v) is 2.25. The van der Waals surface area contributed by atoms with Crippen LogP contribution in [0.15, 0.2) is 12.2 Å². The van der Waals surface area contributed by atoms with Gasteiger partial charge in [0.2, 0.25) is 0 Å². The number of carbonyl (C=O) groups is 2. The topological polar surface area (TPSA) is 43.4 Å². The van der Waals surface area contributed by atoms with Crippen molar-refractivity contribution in [1.29, 1.82) is 0 Å². The number of carbonyl (C=O) groups excluding carboxylic acids is 2. The van der Waals surface area contributed by atoms with Crippen LogP contribution in [0.25, 0.3) is 0 Å². The van der Waals surface area contributed by atoms with Crippen molar-refractivity contribution in [2.45, 2.75) is 25.9 Å². The number of hydrogen-bond donors (Lipinski definition) is 0. The molecule has 3 atom stereocenters. The first-order valence-corrected chi connectivity index (χ1v) is 4.57. The fraction of sp³-hybridized carbons (Fsp3) is 0.600. The normalized spacial score (nSPS) is 37.9. The Morgan fingerprint density at radius 1 is 1.54 bits per heavy atom. The van der Waals surface area contributed by atoms with E-state index in [1.165, 1.54) is 0 Å². The van der Waals surface area contributed by atoms with Gasteiger partial charge in [0.1, 0.15) is 6.10 Å². The molecule has 2 fully saturated rings. The van der Waals surface area contributed by atoms with Crippen molar-refractivity contribution in [3.63, 3.8) is 0 Å². The Hall–Kier alpha value is -1.12. The summed E-state index contributed by atoms with van der Waals surface area (Å²) in [6.07, 6.45) is 0.953. The van der Waals surface area contributed by atoms with Crippen molar-refractivity contribution < 1.29 is 14.3 Å². The number of cyclic esters (lactones) is 1. The van der Waals surface area contributed by atoms with E-state index in [0.29, 0.717) is 12.0 Å². The Balaban J connectivity index is 2.31. The molecule has 0 amide bonds. The molecular weight excluding hydrogens is 168 g/mol. The van der Waals surface area contributed by atoms with Crippen molar-refractivity contribution in [2.75, 3.05) is 0 Å². The van der Waals surface area contributed by atoms with Crippen molar-refractivity contribution in [3.05, 3.63) is 12.2 Å². The summed E-state index contributed by atoms with van der Waals surface area (Å²) in [5, 5.41) is 0. The van der Waals surface area contributed by atoms with Crippen molar-refractivity contribution in [1.82, 2.24) is 0 Å². The number of esters is 1. The Morgan fingerprint density at radius 3 is 2.85 bits per heavy atom.